The average Bonchev–Trinajstić information content (AvgIpc) is 3.11. The maximum atomic E-state index is 12.6. The van der Waals surface area contributed by atoms with E-state index in [1.54, 1.807) is 0 Å². The van der Waals surface area contributed by atoms with E-state index in [4.69, 9.17) is 14.2 Å². The van der Waals surface area contributed by atoms with Crippen LogP contribution in [0.4, 0.5) is 0 Å². The third kappa shape index (κ3) is 33.8. The van der Waals surface area contributed by atoms with Gasteiger partial charge in [-0.2, -0.15) is 0 Å². The number of carbonyl (C=O) groups is 3. The molecule has 53 heavy (non-hydrogen) atoms. The lowest BCUT2D eigenvalue weighted by Gasteiger charge is -2.31. The highest BCUT2D eigenvalue weighted by Gasteiger charge is 2.31. The fourth-order valence-electron chi connectivity index (χ4n) is 4.98. The Morgan fingerprint density at radius 1 is 0.566 bits per heavy atom. The van der Waals surface area contributed by atoms with Gasteiger partial charge in [0.25, 0.3) is 0 Å². The zero-order chi connectivity index (χ0) is 39.3. The molecule has 0 aromatic rings. The van der Waals surface area contributed by atoms with Crippen molar-refractivity contribution in [3.63, 3.8) is 0 Å². The number of hydrogen-bond acceptors (Lipinski definition) is 6. The van der Waals surface area contributed by atoms with Crippen molar-refractivity contribution in [3.8, 4) is 0 Å². The maximum Gasteiger partial charge on any atom is 0.362 e. The number of nitrogens with zero attached hydrogens (tertiary/aromatic N) is 1. The van der Waals surface area contributed by atoms with Crippen LogP contribution in [0.5, 0.6) is 0 Å². The molecule has 2 atom stereocenters. The highest BCUT2D eigenvalue weighted by molar-refractivity contribution is 5.72. The van der Waals surface area contributed by atoms with E-state index in [1.807, 2.05) is 33.3 Å². The van der Waals surface area contributed by atoms with Crippen molar-refractivity contribution in [1.82, 2.24) is 0 Å². The molecule has 0 aromatic heterocycles. The van der Waals surface area contributed by atoms with Gasteiger partial charge >= 0.3 is 17.9 Å². The van der Waals surface area contributed by atoms with E-state index in [0.717, 1.165) is 70.6 Å². The lowest BCUT2D eigenvalue weighted by atomic mass is 10.1. The summed E-state index contributed by atoms with van der Waals surface area (Å²) in [6.45, 7) is 4.33. The number of hydrogen-bond donors (Lipinski definition) is 1. The first-order valence-electron chi connectivity index (χ1n) is 19.8. The summed E-state index contributed by atoms with van der Waals surface area (Å²) in [7, 11) is 5.47. The molecule has 0 aliphatic heterocycles. The number of quaternary nitrogens is 1. The molecule has 0 aromatic carbocycles. The minimum atomic E-state index is -0.894. The Kier molecular flexibility index (Phi) is 32.8. The highest BCUT2D eigenvalue weighted by atomic mass is 16.6. The zero-order valence-electron chi connectivity index (χ0n) is 33.7. The molecule has 0 saturated heterocycles. The fraction of sp³-hybridized carbons (Fsp3) is 0.578. The molecule has 0 bridgehead atoms. The predicted molar refractivity (Wildman–Crippen MR) is 219 cm³/mol. The first kappa shape index (κ1) is 49.2. The van der Waals surface area contributed by atoms with Crippen molar-refractivity contribution in [2.24, 2.45) is 0 Å². The van der Waals surface area contributed by atoms with Crippen LogP contribution in [0, 0.1) is 0 Å². The number of esters is 2. The predicted octanol–water partition coefficient (Wildman–Crippen LogP) is 10.3. The Bertz CT molecular complexity index is 1180. The largest absolute Gasteiger partial charge is 0.477 e. The van der Waals surface area contributed by atoms with Gasteiger partial charge in [0.1, 0.15) is 6.61 Å². The number of aliphatic carboxylic acids is 1. The van der Waals surface area contributed by atoms with Gasteiger partial charge in [-0.1, -0.05) is 117 Å². The first-order valence-corrected chi connectivity index (χ1v) is 19.8. The van der Waals surface area contributed by atoms with E-state index in [0.29, 0.717) is 19.3 Å². The second-order valence-corrected chi connectivity index (χ2v) is 13.8. The SMILES string of the molecule is CC/C=C/C/C=C/C/C=C/C/C=C/C/C=C/C/C=C/CCCCCC(=O)OC(COCCC(C(=O)O)[N+](C)(C)C)COC(=O)CC/C=C/C/C=C/CC. The number of allylic oxidation sites excluding steroid dienone is 16. The van der Waals surface area contributed by atoms with Gasteiger partial charge in [0.15, 0.2) is 12.1 Å². The molecule has 8 heteroatoms. The number of rotatable bonds is 33. The number of ether oxygens (including phenoxy) is 3. The van der Waals surface area contributed by atoms with Crippen LogP contribution in [0.2, 0.25) is 0 Å². The second-order valence-electron chi connectivity index (χ2n) is 13.8. The van der Waals surface area contributed by atoms with Gasteiger partial charge in [0.2, 0.25) is 0 Å². The number of carbonyl (C=O) groups excluding carboxylic acids is 2. The summed E-state index contributed by atoms with van der Waals surface area (Å²) in [4.78, 5) is 36.6. The molecule has 0 amide bonds. The highest BCUT2D eigenvalue weighted by Crippen LogP contribution is 2.11. The van der Waals surface area contributed by atoms with Crippen LogP contribution in [0.1, 0.15) is 117 Å². The third-order valence-electron chi connectivity index (χ3n) is 7.99. The molecular formula is C45H72NO7+. The maximum absolute atomic E-state index is 12.6. The van der Waals surface area contributed by atoms with Crippen LogP contribution in [0.15, 0.2) is 97.2 Å². The smallest absolute Gasteiger partial charge is 0.362 e. The summed E-state index contributed by atoms with van der Waals surface area (Å²) < 4.78 is 17.0. The summed E-state index contributed by atoms with van der Waals surface area (Å²) >= 11 is 0. The monoisotopic (exact) mass is 739 g/mol. The van der Waals surface area contributed by atoms with Crippen molar-refractivity contribution in [3.05, 3.63) is 97.2 Å². The van der Waals surface area contributed by atoms with Crippen molar-refractivity contribution < 1.29 is 38.2 Å². The minimum absolute atomic E-state index is 0.0227. The molecule has 0 radical (unpaired) electrons. The van der Waals surface area contributed by atoms with Crippen LogP contribution in [-0.2, 0) is 28.6 Å². The van der Waals surface area contributed by atoms with Crippen molar-refractivity contribution in [2.75, 3.05) is 41.0 Å². The summed E-state index contributed by atoms with van der Waals surface area (Å²) in [6, 6.07) is -0.632. The Morgan fingerprint density at radius 3 is 1.51 bits per heavy atom. The second kappa shape index (κ2) is 35.3. The summed E-state index contributed by atoms with van der Waals surface area (Å²) in [5, 5.41) is 9.57. The molecule has 2 unspecified atom stereocenters. The van der Waals surface area contributed by atoms with E-state index in [1.165, 1.54) is 0 Å². The normalized spacial score (nSPS) is 14.1. The fourth-order valence-corrected chi connectivity index (χ4v) is 4.98. The minimum Gasteiger partial charge on any atom is -0.477 e. The number of carboxylic acid groups (broad SMARTS) is 1. The van der Waals surface area contributed by atoms with E-state index >= 15 is 0 Å². The van der Waals surface area contributed by atoms with Crippen LogP contribution in [0.25, 0.3) is 0 Å². The van der Waals surface area contributed by atoms with E-state index in [9.17, 15) is 19.5 Å². The van der Waals surface area contributed by atoms with Gasteiger partial charge < -0.3 is 23.8 Å². The third-order valence-corrected chi connectivity index (χ3v) is 7.99. The van der Waals surface area contributed by atoms with Crippen molar-refractivity contribution >= 4 is 17.9 Å². The molecule has 0 spiro atoms. The molecule has 0 aliphatic rings. The van der Waals surface area contributed by atoms with Gasteiger partial charge in [0, 0.05) is 19.3 Å². The zero-order valence-corrected chi connectivity index (χ0v) is 33.7. The Morgan fingerprint density at radius 2 is 1.04 bits per heavy atom. The first-order chi connectivity index (χ1) is 25.6. The topological polar surface area (TPSA) is 99.1 Å². The molecule has 0 saturated carbocycles. The van der Waals surface area contributed by atoms with Gasteiger partial charge in [0.05, 0.1) is 34.4 Å². The molecule has 298 valence electrons. The van der Waals surface area contributed by atoms with Crippen LogP contribution < -0.4 is 0 Å². The standard InChI is InChI=1S/C45H71NO7/c1-6-8-10-12-14-15-16-17-18-19-20-21-22-23-24-25-26-27-28-30-32-34-36-44(48)53-41(39-51-38-37-42(45(49)50)46(3,4)5)40-52-43(47)35-33-31-29-13-11-9-7-2/h8-11,14-15,17-18,20-21,23-24,26-27,29,31,41-42H,6-7,12-13,16,19,22,25,28,30,32-40H2,1-5H3/p+1/b10-8+,11-9+,15-14+,18-17+,21-20+,24-23+,27-26+,31-29+. The van der Waals surface area contributed by atoms with Crippen LogP contribution >= 0.6 is 0 Å². The molecule has 0 fully saturated rings. The van der Waals surface area contributed by atoms with E-state index < -0.39 is 18.1 Å². The summed E-state index contributed by atoms with van der Waals surface area (Å²) in [5.74, 6) is -1.62. The molecule has 0 rings (SSSR count). The summed E-state index contributed by atoms with van der Waals surface area (Å²) in [5.41, 5.74) is 0. The number of likely N-dealkylation sites (N-methyl/N-ethyl adjacent to an activating group) is 1. The molecule has 8 nitrogen and oxygen atoms in total. The van der Waals surface area contributed by atoms with E-state index in [-0.39, 0.29) is 49.1 Å². The molecule has 0 heterocycles. The Balaban J connectivity index is 4.42. The van der Waals surface area contributed by atoms with Gasteiger partial charge in [-0.3, -0.25) is 9.59 Å². The molecular weight excluding hydrogens is 666 g/mol. The Hall–Kier alpha value is -3.75. The molecule has 0 aliphatic carbocycles. The van der Waals surface area contributed by atoms with Crippen molar-refractivity contribution in [1.29, 1.82) is 0 Å². The summed E-state index contributed by atoms with van der Waals surface area (Å²) in [6.07, 6.45) is 46.4. The van der Waals surface area contributed by atoms with Crippen LogP contribution in [-0.4, -0.2) is 80.6 Å². The molecule has 1 N–H and O–H groups in total. The Labute approximate surface area is 322 Å². The van der Waals surface area contributed by atoms with E-state index in [2.05, 4.69) is 98.9 Å². The number of carboxylic acids is 1. The lowest BCUT2D eigenvalue weighted by molar-refractivity contribution is -0.887. The van der Waals surface area contributed by atoms with Gasteiger partial charge in [-0.25, -0.2) is 4.79 Å². The lowest BCUT2D eigenvalue weighted by Crippen LogP contribution is -2.50. The average molecular weight is 739 g/mol. The van der Waals surface area contributed by atoms with Crippen LogP contribution in [0.3, 0.4) is 0 Å². The van der Waals surface area contributed by atoms with Crippen molar-refractivity contribution in [2.45, 2.75) is 129 Å². The van der Waals surface area contributed by atoms with Gasteiger partial charge in [-0.05, 0) is 77.0 Å². The quantitative estimate of drug-likeness (QED) is 0.0310. The van der Waals surface area contributed by atoms with Gasteiger partial charge in [-0.15, -0.1) is 0 Å². The number of unbranched alkanes of at least 4 members (excludes halogenated alkanes) is 3.